The van der Waals surface area contributed by atoms with Crippen LogP contribution in [0.25, 0.3) is 0 Å². The van der Waals surface area contributed by atoms with Crippen molar-refractivity contribution in [3.05, 3.63) is 81.1 Å². The van der Waals surface area contributed by atoms with Crippen molar-refractivity contribution in [3.8, 4) is 17.4 Å². The number of aromatic amines is 1. The van der Waals surface area contributed by atoms with Gasteiger partial charge in [-0.15, -0.1) is 0 Å². The summed E-state index contributed by atoms with van der Waals surface area (Å²) in [5.74, 6) is -0.214. The van der Waals surface area contributed by atoms with Gasteiger partial charge in [-0.25, -0.2) is 0 Å². The van der Waals surface area contributed by atoms with Crippen LogP contribution in [-0.2, 0) is 6.61 Å². The number of carbonyl (C=O) groups is 1. The predicted octanol–water partition coefficient (Wildman–Crippen LogP) is 3.88. The monoisotopic (exact) mass is 414 g/mol. The molecule has 29 heavy (non-hydrogen) atoms. The van der Waals surface area contributed by atoms with Gasteiger partial charge >= 0.3 is 0 Å². The molecule has 1 heterocycles. The zero-order valence-corrected chi connectivity index (χ0v) is 16.6. The van der Waals surface area contributed by atoms with Gasteiger partial charge < -0.3 is 24.5 Å². The van der Waals surface area contributed by atoms with Crippen molar-refractivity contribution in [2.45, 2.75) is 6.61 Å². The number of anilines is 1. The Morgan fingerprint density at radius 1 is 1.07 bits per heavy atom. The third-order valence-electron chi connectivity index (χ3n) is 4.06. The van der Waals surface area contributed by atoms with Crippen LogP contribution in [0.2, 0.25) is 5.15 Å². The van der Waals surface area contributed by atoms with E-state index in [4.69, 9.17) is 25.8 Å². The molecule has 8 heteroatoms. The number of ether oxygens (including phenoxy) is 3. The van der Waals surface area contributed by atoms with Gasteiger partial charge in [0.25, 0.3) is 5.91 Å². The van der Waals surface area contributed by atoms with E-state index in [0.29, 0.717) is 18.0 Å². The fraction of sp³-hybridized carbons (Fsp3) is 0.143. The maximum atomic E-state index is 12.7. The zero-order chi connectivity index (χ0) is 20.8. The molecule has 0 spiro atoms. The molecule has 1 amide bonds. The van der Waals surface area contributed by atoms with E-state index in [-0.39, 0.29) is 22.3 Å². The molecule has 0 bridgehead atoms. The third-order valence-corrected chi connectivity index (χ3v) is 4.34. The molecule has 0 radical (unpaired) electrons. The largest absolute Gasteiger partial charge is 0.489 e. The first-order chi connectivity index (χ1) is 14.0. The van der Waals surface area contributed by atoms with Gasteiger partial charge in [-0.2, -0.15) is 0 Å². The first kappa shape index (κ1) is 20.3. The van der Waals surface area contributed by atoms with Crippen LogP contribution in [0.4, 0.5) is 5.69 Å². The Hall–Kier alpha value is -3.45. The number of aromatic nitrogens is 1. The van der Waals surface area contributed by atoms with Crippen LogP contribution in [0.5, 0.6) is 17.4 Å². The van der Waals surface area contributed by atoms with Crippen LogP contribution in [0.15, 0.2) is 59.4 Å². The van der Waals surface area contributed by atoms with Gasteiger partial charge in [0, 0.05) is 11.8 Å². The van der Waals surface area contributed by atoms with E-state index in [9.17, 15) is 9.59 Å². The highest BCUT2D eigenvalue weighted by Crippen LogP contribution is 2.25. The zero-order valence-electron chi connectivity index (χ0n) is 15.8. The maximum absolute atomic E-state index is 12.7. The van der Waals surface area contributed by atoms with Gasteiger partial charge in [0.15, 0.2) is 0 Å². The van der Waals surface area contributed by atoms with Crippen LogP contribution in [0.3, 0.4) is 0 Å². The van der Waals surface area contributed by atoms with E-state index >= 15 is 0 Å². The normalized spacial score (nSPS) is 10.3. The number of pyridine rings is 1. The fourth-order valence-electron chi connectivity index (χ4n) is 2.67. The summed E-state index contributed by atoms with van der Waals surface area (Å²) in [6, 6.07) is 16.5. The minimum Gasteiger partial charge on any atom is -0.489 e. The molecule has 2 N–H and O–H groups in total. The van der Waals surface area contributed by atoms with Gasteiger partial charge in [-0.3, -0.25) is 9.59 Å². The van der Waals surface area contributed by atoms with E-state index in [1.54, 1.807) is 24.3 Å². The van der Waals surface area contributed by atoms with Crippen molar-refractivity contribution in [1.82, 2.24) is 4.98 Å². The van der Waals surface area contributed by atoms with Crippen molar-refractivity contribution in [1.29, 1.82) is 0 Å². The lowest BCUT2D eigenvalue weighted by atomic mass is 10.2. The Bertz CT molecular complexity index is 1070. The fourth-order valence-corrected chi connectivity index (χ4v) is 2.92. The summed E-state index contributed by atoms with van der Waals surface area (Å²) in [6.07, 6.45) is 0. The average Bonchev–Trinajstić information content (AvgIpc) is 2.73. The summed E-state index contributed by atoms with van der Waals surface area (Å²) in [6.45, 7) is 0.388. The Morgan fingerprint density at radius 2 is 1.83 bits per heavy atom. The lowest BCUT2D eigenvalue weighted by Crippen LogP contribution is -2.24. The molecule has 0 aliphatic carbocycles. The molecule has 0 atom stereocenters. The Balaban J connectivity index is 1.78. The summed E-state index contributed by atoms with van der Waals surface area (Å²) in [5.41, 5.74) is 0.512. The Labute approximate surface area is 172 Å². The Kier molecular flexibility index (Phi) is 6.41. The van der Waals surface area contributed by atoms with Crippen LogP contribution in [0.1, 0.15) is 15.9 Å². The second-order valence-corrected chi connectivity index (χ2v) is 6.34. The average molecular weight is 415 g/mol. The highest BCUT2D eigenvalue weighted by atomic mass is 35.5. The summed E-state index contributed by atoms with van der Waals surface area (Å²) >= 11 is 6.08. The molecule has 3 rings (SSSR count). The van der Waals surface area contributed by atoms with Crippen LogP contribution in [0, 0.1) is 0 Å². The number of nitrogens with one attached hydrogen (secondary N) is 2. The predicted molar refractivity (Wildman–Crippen MR) is 110 cm³/mol. The number of methoxy groups -OCH3 is 2. The quantitative estimate of drug-likeness (QED) is 0.573. The standard InChI is InChI=1S/C21H19ClN2O5/c1-27-18-17(25)16(19(22)24-21(18)28-2)20(26)23-14-9-6-10-15(11-14)29-12-13-7-4-3-5-8-13/h3-11H,12H2,1-2H3,(H,23,26)(H,24,25). The van der Waals surface area contributed by atoms with E-state index in [1.807, 2.05) is 30.3 Å². The number of H-pyrrole nitrogens is 1. The molecule has 0 fully saturated rings. The van der Waals surface area contributed by atoms with E-state index < -0.39 is 11.3 Å². The maximum Gasteiger partial charge on any atom is 0.262 e. The second kappa shape index (κ2) is 9.16. The summed E-state index contributed by atoms with van der Waals surface area (Å²) in [5, 5.41) is 2.50. The number of hydrogen-bond acceptors (Lipinski definition) is 5. The summed E-state index contributed by atoms with van der Waals surface area (Å²) < 4.78 is 15.8. The number of hydrogen-bond donors (Lipinski definition) is 2. The number of halogens is 1. The molecule has 3 aromatic rings. The molecule has 150 valence electrons. The highest BCUT2D eigenvalue weighted by molar-refractivity contribution is 6.33. The minimum atomic E-state index is -0.683. The molecule has 0 saturated carbocycles. The van der Waals surface area contributed by atoms with Crippen LogP contribution >= 0.6 is 11.6 Å². The molecule has 0 aliphatic heterocycles. The van der Waals surface area contributed by atoms with E-state index in [2.05, 4.69) is 10.3 Å². The van der Waals surface area contributed by atoms with E-state index in [0.717, 1.165) is 5.56 Å². The smallest absolute Gasteiger partial charge is 0.262 e. The third kappa shape index (κ3) is 4.70. The van der Waals surface area contributed by atoms with Crippen molar-refractivity contribution in [2.75, 3.05) is 19.5 Å². The van der Waals surface area contributed by atoms with Gasteiger partial charge in [-0.1, -0.05) is 48.0 Å². The number of benzene rings is 2. The van der Waals surface area contributed by atoms with Crippen LogP contribution in [-0.4, -0.2) is 25.1 Å². The highest BCUT2D eigenvalue weighted by Gasteiger charge is 2.23. The Morgan fingerprint density at radius 3 is 2.52 bits per heavy atom. The number of amides is 1. The first-order valence-electron chi connectivity index (χ1n) is 8.65. The van der Waals surface area contributed by atoms with Crippen molar-refractivity contribution < 1.29 is 19.0 Å². The molecular weight excluding hydrogens is 396 g/mol. The lowest BCUT2D eigenvalue weighted by Gasteiger charge is -2.12. The topological polar surface area (TPSA) is 89.7 Å². The lowest BCUT2D eigenvalue weighted by molar-refractivity contribution is 0.102. The summed E-state index contributed by atoms with van der Waals surface area (Å²) in [7, 11) is 2.65. The van der Waals surface area contributed by atoms with Crippen molar-refractivity contribution in [3.63, 3.8) is 0 Å². The first-order valence-corrected chi connectivity index (χ1v) is 9.03. The molecular formula is C21H19ClN2O5. The van der Waals surface area contributed by atoms with Crippen molar-refractivity contribution in [2.24, 2.45) is 0 Å². The van der Waals surface area contributed by atoms with Gasteiger partial charge in [-0.05, 0) is 17.7 Å². The molecule has 2 aromatic carbocycles. The van der Waals surface area contributed by atoms with Gasteiger partial charge in [0.2, 0.25) is 17.1 Å². The van der Waals surface area contributed by atoms with Gasteiger partial charge in [0.05, 0.1) is 14.2 Å². The van der Waals surface area contributed by atoms with Crippen molar-refractivity contribution >= 4 is 23.2 Å². The molecule has 0 unspecified atom stereocenters. The number of carbonyl (C=O) groups excluding carboxylic acids is 1. The van der Waals surface area contributed by atoms with Gasteiger partial charge in [0.1, 0.15) is 23.1 Å². The second-order valence-electron chi connectivity index (χ2n) is 5.97. The summed E-state index contributed by atoms with van der Waals surface area (Å²) in [4.78, 5) is 27.9. The molecule has 0 aliphatic rings. The molecule has 0 saturated heterocycles. The number of rotatable bonds is 7. The molecule has 1 aromatic heterocycles. The minimum absolute atomic E-state index is 0.0374. The van der Waals surface area contributed by atoms with Crippen LogP contribution < -0.4 is 25.0 Å². The molecule has 7 nitrogen and oxygen atoms in total. The SMILES string of the molecule is COc1[nH]c(Cl)c(C(=O)Nc2cccc(OCc3ccccc3)c2)c(=O)c1OC. The van der Waals surface area contributed by atoms with E-state index in [1.165, 1.54) is 14.2 Å².